The number of nitrogens with zero attached hydrogens (tertiary/aromatic N) is 1. The van der Waals surface area contributed by atoms with Crippen LogP contribution < -0.4 is 0 Å². The molecule has 0 spiro atoms. The molecule has 1 aliphatic rings. The summed E-state index contributed by atoms with van der Waals surface area (Å²) in [5.41, 5.74) is 0.652. The highest BCUT2D eigenvalue weighted by atomic mass is 79.9. The van der Waals surface area contributed by atoms with Crippen molar-refractivity contribution in [2.24, 2.45) is 5.92 Å². The highest BCUT2D eigenvalue weighted by Crippen LogP contribution is 2.18. The Kier molecular flexibility index (Phi) is 4.75. The number of rotatable bonds is 3. The maximum absolute atomic E-state index is 12.2. The van der Waals surface area contributed by atoms with Crippen LogP contribution in [0.4, 0.5) is 0 Å². The van der Waals surface area contributed by atoms with Crippen LogP contribution in [-0.4, -0.2) is 29.7 Å². The topological polar surface area (TPSA) is 37.4 Å². The van der Waals surface area contributed by atoms with Crippen molar-refractivity contribution >= 4 is 27.6 Å². The van der Waals surface area contributed by atoms with Gasteiger partial charge in [0.05, 0.1) is 6.54 Å². The van der Waals surface area contributed by atoms with Crippen LogP contribution in [0.25, 0.3) is 0 Å². The summed E-state index contributed by atoms with van der Waals surface area (Å²) in [7, 11) is 0. The number of benzene rings is 1. The molecule has 1 aromatic rings. The monoisotopic (exact) mass is 323 g/mol. The lowest BCUT2D eigenvalue weighted by Crippen LogP contribution is -2.35. The van der Waals surface area contributed by atoms with Crippen LogP contribution in [0.1, 0.15) is 36.5 Å². The molecule has 1 fully saturated rings. The van der Waals surface area contributed by atoms with Crippen molar-refractivity contribution in [1.82, 2.24) is 4.90 Å². The minimum atomic E-state index is 0.00389. The molecule has 0 radical (unpaired) electrons. The number of carbonyl (C=O) groups excluding carboxylic acids is 2. The van der Waals surface area contributed by atoms with Crippen molar-refractivity contribution in [2.75, 3.05) is 13.1 Å². The van der Waals surface area contributed by atoms with Gasteiger partial charge in [0.25, 0.3) is 0 Å². The Bertz CT molecular complexity index is 487. The summed E-state index contributed by atoms with van der Waals surface area (Å²) in [6.45, 7) is 3.05. The number of hydrogen-bond donors (Lipinski definition) is 0. The third-order valence-electron chi connectivity index (χ3n) is 3.58. The second-order valence-corrected chi connectivity index (χ2v) is 6.10. The van der Waals surface area contributed by atoms with Crippen molar-refractivity contribution < 1.29 is 9.59 Å². The minimum Gasteiger partial charge on any atom is -0.335 e. The first-order valence-corrected chi connectivity index (χ1v) is 7.42. The van der Waals surface area contributed by atoms with E-state index in [1.54, 1.807) is 17.0 Å². The van der Waals surface area contributed by atoms with E-state index in [9.17, 15) is 9.59 Å². The third kappa shape index (κ3) is 3.90. The number of carbonyl (C=O) groups is 2. The standard InChI is InChI=1S/C15H18BrNO2/c1-11-5-6-15(19)17(8-7-11)10-14(18)12-3-2-4-13(16)9-12/h2-4,9,11H,5-8,10H2,1H3. The minimum absolute atomic E-state index is 0.00389. The average Bonchev–Trinajstić information content (AvgIpc) is 2.54. The van der Waals surface area contributed by atoms with Crippen molar-refractivity contribution in [1.29, 1.82) is 0 Å². The van der Waals surface area contributed by atoms with Crippen LogP contribution in [0, 0.1) is 5.92 Å². The molecular weight excluding hydrogens is 306 g/mol. The molecule has 1 heterocycles. The summed E-state index contributed by atoms with van der Waals surface area (Å²) >= 11 is 3.36. The maximum atomic E-state index is 12.2. The largest absolute Gasteiger partial charge is 0.335 e. The summed E-state index contributed by atoms with van der Waals surface area (Å²) in [5, 5.41) is 0. The van der Waals surface area contributed by atoms with E-state index in [2.05, 4.69) is 22.9 Å². The number of likely N-dealkylation sites (tertiary alicyclic amines) is 1. The highest BCUT2D eigenvalue weighted by molar-refractivity contribution is 9.10. The maximum Gasteiger partial charge on any atom is 0.222 e. The lowest BCUT2D eigenvalue weighted by atomic mass is 10.0. The van der Waals surface area contributed by atoms with Gasteiger partial charge in [-0.2, -0.15) is 0 Å². The zero-order valence-electron chi connectivity index (χ0n) is 11.1. The molecule has 3 nitrogen and oxygen atoms in total. The fourth-order valence-electron chi connectivity index (χ4n) is 2.27. The van der Waals surface area contributed by atoms with Gasteiger partial charge in [0.1, 0.15) is 0 Å². The third-order valence-corrected chi connectivity index (χ3v) is 4.07. The number of ketones is 1. The second-order valence-electron chi connectivity index (χ2n) is 5.18. The molecule has 1 amide bonds. The van der Waals surface area contributed by atoms with Gasteiger partial charge in [-0.1, -0.05) is 35.0 Å². The van der Waals surface area contributed by atoms with Gasteiger partial charge < -0.3 is 4.90 Å². The van der Waals surface area contributed by atoms with Crippen LogP contribution in [0.2, 0.25) is 0 Å². The molecule has 1 unspecified atom stereocenters. The molecule has 1 saturated heterocycles. The van der Waals surface area contributed by atoms with Crippen LogP contribution >= 0.6 is 15.9 Å². The van der Waals surface area contributed by atoms with E-state index in [4.69, 9.17) is 0 Å². The molecular formula is C15H18BrNO2. The van der Waals surface area contributed by atoms with E-state index < -0.39 is 0 Å². The molecule has 0 saturated carbocycles. The fraction of sp³-hybridized carbons (Fsp3) is 0.467. The second kappa shape index (κ2) is 6.33. The number of halogens is 1. The zero-order chi connectivity index (χ0) is 13.8. The molecule has 0 N–H and O–H groups in total. The molecule has 102 valence electrons. The van der Waals surface area contributed by atoms with Gasteiger partial charge in [0.2, 0.25) is 5.91 Å². The van der Waals surface area contributed by atoms with Crippen LogP contribution in [-0.2, 0) is 4.79 Å². The van der Waals surface area contributed by atoms with Crippen LogP contribution in [0.5, 0.6) is 0 Å². The molecule has 0 aliphatic carbocycles. The molecule has 1 atom stereocenters. The van der Waals surface area contributed by atoms with E-state index in [-0.39, 0.29) is 18.2 Å². The van der Waals surface area contributed by atoms with Gasteiger partial charge in [0, 0.05) is 23.0 Å². The first-order valence-electron chi connectivity index (χ1n) is 6.63. The lowest BCUT2D eigenvalue weighted by Gasteiger charge is -2.19. The Hall–Kier alpha value is -1.16. The summed E-state index contributed by atoms with van der Waals surface area (Å²) in [5.74, 6) is 0.673. The number of Topliss-reactive ketones (excluding diaryl/α,β-unsaturated/α-hetero) is 1. The highest BCUT2D eigenvalue weighted by Gasteiger charge is 2.22. The van der Waals surface area contributed by atoms with E-state index in [0.717, 1.165) is 17.3 Å². The smallest absolute Gasteiger partial charge is 0.222 e. The molecule has 0 bridgehead atoms. The predicted octanol–water partition coefficient (Wildman–Crippen LogP) is 3.28. The van der Waals surface area contributed by atoms with Gasteiger partial charge in [-0.15, -0.1) is 0 Å². The summed E-state index contributed by atoms with van der Waals surface area (Å²) < 4.78 is 0.883. The number of amides is 1. The van der Waals surface area contributed by atoms with Crippen molar-refractivity contribution in [3.05, 3.63) is 34.3 Å². The van der Waals surface area contributed by atoms with Gasteiger partial charge in [-0.3, -0.25) is 9.59 Å². The summed E-state index contributed by atoms with van der Waals surface area (Å²) in [4.78, 5) is 25.8. The Labute approximate surface area is 122 Å². The van der Waals surface area contributed by atoms with E-state index in [1.165, 1.54) is 0 Å². The fourth-order valence-corrected chi connectivity index (χ4v) is 2.67. The Morgan fingerprint density at radius 2 is 2.21 bits per heavy atom. The molecule has 19 heavy (non-hydrogen) atoms. The van der Waals surface area contributed by atoms with Gasteiger partial charge >= 0.3 is 0 Å². The van der Waals surface area contributed by atoms with Crippen molar-refractivity contribution in [3.8, 4) is 0 Å². The van der Waals surface area contributed by atoms with Gasteiger partial charge in [-0.25, -0.2) is 0 Å². The quantitative estimate of drug-likeness (QED) is 0.800. The van der Waals surface area contributed by atoms with E-state index in [0.29, 0.717) is 24.4 Å². The predicted molar refractivity (Wildman–Crippen MR) is 78.1 cm³/mol. The Balaban J connectivity index is 2.03. The van der Waals surface area contributed by atoms with Crippen LogP contribution in [0.15, 0.2) is 28.7 Å². The Morgan fingerprint density at radius 1 is 1.42 bits per heavy atom. The molecule has 1 aromatic carbocycles. The molecule has 4 heteroatoms. The van der Waals surface area contributed by atoms with E-state index >= 15 is 0 Å². The summed E-state index contributed by atoms with van der Waals surface area (Å²) in [6.07, 6.45) is 2.48. The van der Waals surface area contributed by atoms with Crippen LogP contribution in [0.3, 0.4) is 0 Å². The molecule has 2 rings (SSSR count). The molecule has 1 aliphatic heterocycles. The number of hydrogen-bond acceptors (Lipinski definition) is 2. The van der Waals surface area contributed by atoms with Gasteiger partial charge in [0.15, 0.2) is 5.78 Å². The lowest BCUT2D eigenvalue weighted by molar-refractivity contribution is -0.130. The molecule has 0 aromatic heterocycles. The average molecular weight is 324 g/mol. The van der Waals surface area contributed by atoms with E-state index in [1.807, 2.05) is 12.1 Å². The van der Waals surface area contributed by atoms with Gasteiger partial charge in [-0.05, 0) is 30.9 Å². The van der Waals surface area contributed by atoms with Crippen molar-refractivity contribution in [2.45, 2.75) is 26.2 Å². The Morgan fingerprint density at radius 3 is 2.95 bits per heavy atom. The SMILES string of the molecule is CC1CCC(=O)N(CC(=O)c2cccc(Br)c2)CC1. The van der Waals surface area contributed by atoms with Crippen molar-refractivity contribution in [3.63, 3.8) is 0 Å². The zero-order valence-corrected chi connectivity index (χ0v) is 12.6. The normalized spacial score (nSPS) is 20.2. The first-order chi connectivity index (χ1) is 9.06. The first kappa shape index (κ1) is 14.3. The summed E-state index contributed by atoms with van der Waals surface area (Å²) in [6, 6.07) is 7.31.